The van der Waals surface area contributed by atoms with Crippen LogP contribution in [0.1, 0.15) is 13.3 Å². The summed E-state index contributed by atoms with van der Waals surface area (Å²) in [5.41, 5.74) is 0. The lowest BCUT2D eigenvalue weighted by atomic mass is 10.1. The van der Waals surface area contributed by atoms with E-state index in [1.54, 1.807) is 0 Å². The molecule has 2 heterocycles. The number of aromatic nitrogens is 2. The number of nitro groups is 1. The number of benzene rings is 1. The minimum atomic E-state index is -4.82. The summed E-state index contributed by atoms with van der Waals surface area (Å²) in [4.78, 5) is 13.7. The molecule has 0 bridgehead atoms. The van der Waals surface area contributed by atoms with E-state index in [1.807, 2.05) is 0 Å². The third-order valence-corrected chi connectivity index (χ3v) is 6.71. The van der Waals surface area contributed by atoms with Crippen molar-refractivity contribution >= 4 is 15.7 Å². The van der Waals surface area contributed by atoms with Crippen LogP contribution >= 0.6 is 0 Å². The number of halogens is 3. The largest absolute Gasteiger partial charge is 0.573 e. The number of hydrogen-bond donors (Lipinski definition) is 0. The van der Waals surface area contributed by atoms with Crippen molar-refractivity contribution in [3.63, 3.8) is 0 Å². The molecule has 0 fully saturated rings. The van der Waals surface area contributed by atoms with Gasteiger partial charge in [-0.05, 0) is 47.5 Å². The molecule has 0 aliphatic carbocycles. The molecule has 0 radical (unpaired) electrons. The van der Waals surface area contributed by atoms with Crippen molar-refractivity contribution in [2.45, 2.75) is 36.2 Å². The molecule has 0 spiro atoms. The second kappa shape index (κ2) is 6.65. The van der Waals surface area contributed by atoms with Crippen molar-refractivity contribution in [3.05, 3.63) is 40.6 Å². The van der Waals surface area contributed by atoms with Crippen LogP contribution in [0.3, 0.4) is 0 Å². The molecule has 9 nitrogen and oxygen atoms in total. The lowest BCUT2D eigenvalue weighted by molar-refractivity contribution is -0.389. The highest BCUT2D eigenvalue weighted by atomic mass is 32.2. The maximum absolute atomic E-state index is 12.9. The highest BCUT2D eigenvalue weighted by Crippen LogP contribution is 2.35. The highest BCUT2D eigenvalue weighted by molar-refractivity contribution is 7.92. The third-order valence-electron chi connectivity index (χ3n) is 4.29. The van der Waals surface area contributed by atoms with Crippen LogP contribution in [0.15, 0.2) is 35.6 Å². The third kappa shape index (κ3) is 3.74. The number of hydrogen-bond acceptors (Lipinski definition) is 7. The van der Waals surface area contributed by atoms with Gasteiger partial charge in [-0.1, -0.05) is 0 Å². The Morgan fingerprint density at radius 2 is 1.89 bits per heavy atom. The lowest BCUT2D eigenvalue weighted by Gasteiger charge is -2.31. The second-order valence-corrected chi connectivity index (χ2v) is 8.70. The molecule has 1 unspecified atom stereocenters. The Kier molecular flexibility index (Phi) is 4.73. The average Bonchev–Trinajstić information content (AvgIpc) is 3.03. The predicted molar refractivity (Wildman–Crippen MR) is 87.7 cm³/mol. The predicted octanol–water partition coefficient (Wildman–Crippen LogP) is 2.71. The summed E-state index contributed by atoms with van der Waals surface area (Å²) in [6.07, 6.45) is -3.64. The van der Waals surface area contributed by atoms with Crippen LogP contribution in [0.25, 0.3) is 0 Å². The molecule has 3 rings (SSSR count). The zero-order valence-corrected chi connectivity index (χ0v) is 15.2. The smallest absolute Gasteiger partial charge is 0.492 e. The van der Waals surface area contributed by atoms with Crippen molar-refractivity contribution in [3.8, 4) is 11.5 Å². The van der Waals surface area contributed by atoms with Crippen LogP contribution in [-0.2, 0) is 16.4 Å². The molecule has 1 aliphatic rings. The number of rotatable bonds is 5. The first kappa shape index (κ1) is 19.9. The van der Waals surface area contributed by atoms with E-state index in [9.17, 15) is 31.7 Å². The molecule has 0 N–H and O–H groups in total. The van der Waals surface area contributed by atoms with Gasteiger partial charge in [-0.3, -0.25) is 4.57 Å². The van der Waals surface area contributed by atoms with Gasteiger partial charge in [0.2, 0.25) is 9.84 Å². The van der Waals surface area contributed by atoms with Gasteiger partial charge in [-0.15, -0.1) is 13.2 Å². The number of aryl methyl sites for hydroxylation is 1. The number of fused-ring (bicyclic) bond motifs is 1. The van der Waals surface area contributed by atoms with E-state index in [0.717, 1.165) is 18.3 Å². The summed E-state index contributed by atoms with van der Waals surface area (Å²) < 4.78 is 71.2. The minimum Gasteiger partial charge on any atom is -0.492 e. The molecule has 152 valence electrons. The van der Waals surface area contributed by atoms with Gasteiger partial charge in [0.15, 0.2) is 0 Å². The maximum atomic E-state index is 12.9. The number of alkyl halides is 3. The van der Waals surface area contributed by atoms with Crippen LogP contribution < -0.4 is 9.47 Å². The van der Waals surface area contributed by atoms with E-state index in [4.69, 9.17) is 4.74 Å². The maximum Gasteiger partial charge on any atom is 0.573 e. The number of sulfone groups is 1. The molecule has 1 aromatic carbocycles. The Morgan fingerprint density at radius 1 is 1.29 bits per heavy atom. The first-order valence-electron chi connectivity index (χ1n) is 7.86. The van der Waals surface area contributed by atoms with E-state index in [-0.39, 0.29) is 25.3 Å². The van der Waals surface area contributed by atoms with Crippen molar-refractivity contribution < 1.29 is 36.0 Å². The Morgan fingerprint density at radius 3 is 2.46 bits per heavy atom. The first-order valence-corrected chi connectivity index (χ1v) is 9.34. The minimum absolute atomic E-state index is 0.116. The molecule has 0 saturated carbocycles. The molecule has 1 aromatic heterocycles. The molecular weight excluding hydrogens is 407 g/mol. The Labute approximate surface area is 156 Å². The van der Waals surface area contributed by atoms with E-state index < -0.39 is 42.6 Å². The summed E-state index contributed by atoms with van der Waals surface area (Å²) >= 11 is 0. The summed E-state index contributed by atoms with van der Waals surface area (Å²) in [6, 6.07) is 4.50. The van der Waals surface area contributed by atoms with Gasteiger partial charge >= 0.3 is 17.3 Å². The van der Waals surface area contributed by atoms with E-state index in [0.29, 0.717) is 0 Å². The second-order valence-electron chi connectivity index (χ2n) is 6.34. The Bertz CT molecular complexity index is 1000. The number of ether oxygens (including phenoxy) is 2. The monoisotopic (exact) mass is 421 g/mol. The molecule has 0 saturated heterocycles. The molecule has 13 heteroatoms. The van der Waals surface area contributed by atoms with Gasteiger partial charge in [0.05, 0.1) is 0 Å². The fraction of sp³-hybridized carbons (Fsp3) is 0.400. The van der Waals surface area contributed by atoms with Crippen LogP contribution in [0, 0.1) is 10.1 Å². The highest BCUT2D eigenvalue weighted by Gasteiger charge is 2.50. The lowest BCUT2D eigenvalue weighted by Crippen LogP contribution is -2.46. The summed E-state index contributed by atoms with van der Waals surface area (Å²) in [6.45, 7) is 1.30. The van der Waals surface area contributed by atoms with Gasteiger partial charge in [0.25, 0.3) is 0 Å². The summed E-state index contributed by atoms with van der Waals surface area (Å²) in [7, 11) is -4.05. The first-order chi connectivity index (χ1) is 12.9. The van der Waals surface area contributed by atoms with Crippen LogP contribution in [0.5, 0.6) is 11.5 Å². The fourth-order valence-corrected chi connectivity index (χ4v) is 4.36. The fourth-order valence-electron chi connectivity index (χ4n) is 2.68. The SMILES string of the molecule is CC1(COc2ccc(OC(F)(F)F)cc2)CCn2cc([N+](=O)[O-])nc2S1(=O)=O. The van der Waals surface area contributed by atoms with E-state index in [1.165, 1.54) is 23.6 Å². The molecular formula is C15H14F3N3O6S. The number of nitrogens with zero attached hydrogens (tertiary/aromatic N) is 3. The normalized spacial score (nSPS) is 21.0. The van der Waals surface area contributed by atoms with Crippen molar-refractivity contribution in [2.24, 2.45) is 0 Å². The zero-order chi connectivity index (χ0) is 20.7. The van der Waals surface area contributed by atoms with Gasteiger partial charge in [0.1, 0.15) is 29.0 Å². The van der Waals surface area contributed by atoms with Gasteiger partial charge in [-0.2, -0.15) is 0 Å². The van der Waals surface area contributed by atoms with Crippen LogP contribution in [-0.4, -0.2) is 40.6 Å². The molecule has 0 amide bonds. The van der Waals surface area contributed by atoms with Crippen molar-refractivity contribution in [2.75, 3.05) is 6.61 Å². The van der Waals surface area contributed by atoms with Gasteiger partial charge in [-0.25, -0.2) is 8.42 Å². The van der Waals surface area contributed by atoms with Crippen LogP contribution in [0.4, 0.5) is 19.0 Å². The van der Waals surface area contributed by atoms with Gasteiger partial charge in [0, 0.05) is 6.54 Å². The summed E-state index contributed by atoms with van der Waals surface area (Å²) in [5, 5.41) is 10.4. The quantitative estimate of drug-likeness (QED) is 0.539. The van der Waals surface area contributed by atoms with Gasteiger partial charge < -0.3 is 19.6 Å². The van der Waals surface area contributed by atoms with Crippen LogP contribution in [0.2, 0.25) is 0 Å². The molecule has 28 heavy (non-hydrogen) atoms. The summed E-state index contributed by atoms with van der Waals surface area (Å²) in [5.74, 6) is -0.861. The van der Waals surface area contributed by atoms with Crippen molar-refractivity contribution in [1.29, 1.82) is 0 Å². The molecule has 1 atom stereocenters. The van der Waals surface area contributed by atoms with E-state index >= 15 is 0 Å². The van der Waals surface area contributed by atoms with E-state index in [2.05, 4.69) is 9.72 Å². The Balaban J connectivity index is 1.76. The number of imidazole rings is 1. The topological polar surface area (TPSA) is 114 Å². The molecule has 2 aromatic rings. The Hall–Kier alpha value is -2.83. The standard InChI is InChI=1S/C15H14F3N3O6S/c1-14(9-26-10-2-4-11(5-3-10)27-15(16,17)18)6-7-20-8-12(21(22)23)19-13(20)28(14,24)25/h2-5,8H,6-7,9H2,1H3. The average molecular weight is 421 g/mol. The van der Waals surface area contributed by atoms with Crippen molar-refractivity contribution in [1.82, 2.24) is 9.55 Å². The zero-order valence-electron chi connectivity index (χ0n) is 14.3. The molecule has 1 aliphatic heterocycles.